The van der Waals surface area contributed by atoms with Crippen LogP contribution in [0.4, 0.5) is 0 Å². The van der Waals surface area contributed by atoms with Crippen molar-refractivity contribution in [3.8, 4) is 5.75 Å². The van der Waals surface area contributed by atoms with Crippen LogP contribution in [-0.2, 0) is 21.2 Å². The van der Waals surface area contributed by atoms with Crippen molar-refractivity contribution in [2.75, 3.05) is 40.0 Å². The van der Waals surface area contributed by atoms with Crippen LogP contribution in [0.5, 0.6) is 5.75 Å². The zero-order chi connectivity index (χ0) is 17.5. The molecule has 0 aliphatic heterocycles. The molecule has 0 saturated carbocycles. The molecule has 0 heterocycles. The van der Waals surface area contributed by atoms with E-state index < -0.39 is 10.0 Å². The van der Waals surface area contributed by atoms with Gasteiger partial charge in [-0.25, -0.2) is 12.7 Å². The minimum absolute atomic E-state index is 0.106. The maximum absolute atomic E-state index is 11.9. The number of hydrogen-bond donors (Lipinski definition) is 0. The molecule has 0 fully saturated rings. The molecular formula is C16H26N2O4S. The van der Waals surface area contributed by atoms with Gasteiger partial charge in [0.2, 0.25) is 15.9 Å². The fourth-order valence-electron chi connectivity index (χ4n) is 1.86. The number of sulfonamides is 1. The number of rotatable bonds is 9. The van der Waals surface area contributed by atoms with Gasteiger partial charge in [0.25, 0.3) is 0 Å². The molecule has 0 spiro atoms. The predicted molar refractivity (Wildman–Crippen MR) is 91.0 cm³/mol. The highest BCUT2D eigenvalue weighted by atomic mass is 32.2. The summed E-state index contributed by atoms with van der Waals surface area (Å²) in [6.45, 7) is 3.13. The summed E-state index contributed by atoms with van der Waals surface area (Å²) < 4.78 is 29.3. The number of ether oxygens (including phenoxy) is 1. The fraction of sp³-hybridized carbons (Fsp3) is 0.562. The molecule has 0 atom stereocenters. The second kappa shape index (κ2) is 8.88. The summed E-state index contributed by atoms with van der Waals surface area (Å²) in [5, 5.41) is 0. The first-order valence-electron chi connectivity index (χ1n) is 7.61. The fourth-order valence-corrected chi connectivity index (χ4v) is 2.28. The monoisotopic (exact) mass is 342 g/mol. The lowest BCUT2D eigenvalue weighted by Gasteiger charge is -2.19. The van der Waals surface area contributed by atoms with Gasteiger partial charge >= 0.3 is 0 Å². The van der Waals surface area contributed by atoms with Gasteiger partial charge < -0.3 is 9.64 Å². The van der Waals surface area contributed by atoms with E-state index in [0.717, 1.165) is 18.4 Å². The van der Waals surface area contributed by atoms with Crippen molar-refractivity contribution in [2.24, 2.45) is 0 Å². The van der Waals surface area contributed by atoms with Gasteiger partial charge in [-0.05, 0) is 24.1 Å². The van der Waals surface area contributed by atoms with Crippen LogP contribution in [0.2, 0.25) is 0 Å². The van der Waals surface area contributed by atoms with Gasteiger partial charge in [-0.2, -0.15) is 0 Å². The Kier molecular flexibility index (Phi) is 7.51. The standard InChI is InChI=1S/C16H26N2O4S/c1-5-14-6-8-15(9-7-14)22-13-12-17(2)16(19)10-11-18(3)23(4,20)21/h6-9H,5,10-13H2,1-4H3. The SMILES string of the molecule is CCc1ccc(OCCN(C)C(=O)CCN(C)S(C)(=O)=O)cc1. The van der Waals surface area contributed by atoms with Crippen LogP contribution in [-0.4, -0.2) is 63.6 Å². The Morgan fingerprint density at radius 2 is 1.74 bits per heavy atom. The Balaban J connectivity index is 2.32. The molecule has 0 aliphatic carbocycles. The maximum Gasteiger partial charge on any atom is 0.223 e. The van der Waals surface area contributed by atoms with Crippen LogP contribution in [0.1, 0.15) is 18.9 Å². The lowest BCUT2D eigenvalue weighted by molar-refractivity contribution is -0.130. The summed E-state index contributed by atoms with van der Waals surface area (Å²) in [6, 6.07) is 7.87. The Hall–Kier alpha value is -1.60. The zero-order valence-corrected chi connectivity index (χ0v) is 15.1. The quantitative estimate of drug-likeness (QED) is 0.680. The average molecular weight is 342 g/mol. The van der Waals surface area contributed by atoms with Gasteiger partial charge in [-0.1, -0.05) is 19.1 Å². The second-order valence-corrected chi connectivity index (χ2v) is 7.59. The third-order valence-corrected chi connectivity index (χ3v) is 4.97. The molecule has 0 radical (unpaired) electrons. The van der Waals surface area contributed by atoms with Gasteiger partial charge in [0.1, 0.15) is 12.4 Å². The Labute approximate surface area is 139 Å². The Morgan fingerprint density at radius 3 is 2.26 bits per heavy atom. The summed E-state index contributed by atoms with van der Waals surface area (Å²) in [4.78, 5) is 13.5. The van der Waals surface area contributed by atoms with E-state index in [0.29, 0.717) is 13.2 Å². The molecule has 1 aromatic rings. The normalized spacial score (nSPS) is 11.5. The largest absolute Gasteiger partial charge is 0.492 e. The molecule has 7 heteroatoms. The highest BCUT2D eigenvalue weighted by molar-refractivity contribution is 7.88. The minimum Gasteiger partial charge on any atom is -0.492 e. The lowest BCUT2D eigenvalue weighted by Crippen LogP contribution is -2.34. The van der Waals surface area contributed by atoms with Gasteiger partial charge in [0.15, 0.2) is 0 Å². The number of carbonyl (C=O) groups is 1. The number of aryl methyl sites for hydroxylation is 1. The molecule has 0 bridgehead atoms. The van der Waals surface area contributed by atoms with Crippen molar-refractivity contribution in [2.45, 2.75) is 19.8 Å². The molecule has 130 valence electrons. The summed E-state index contributed by atoms with van der Waals surface area (Å²) in [5.41, 5.74) is 1.25. The van der Waals surface area contributed by atoms with Crippen molar-refractivity contribution >= 4 is 15.9 Å². The molecule has 0 N–H and O–H groups in total. The summed E-state index contributed by atoms with van der Waals surface area (Å²) in [6.07, 6.45) is 2.27. The molecule has 1 rings (SSSR count). The third kappa shape index (κ3) is 7.00. The molecular weight excluding hydrogens is 316 g/mol. The molecule has 0 unspecified atom stereocenters. The number of carbonyl (C=O) groups excluding carboxylic acids is 1. The smallest absolute Gasteiger partial charge is 0.223 e. The van der Waals surface area contributed by atoms with Gasteiger partial charge in [0, 0.05) is 27.1 Å². The molecule has 23 heavy (non-hydrogen) atoms. The van der Waals surface area contributed by atoms with E-state index in [2.05, 4.69) is 6.92 Å². The van der Waals surface area contributed by atoms with Crippen molar-refractivity contribution in [1.82, 2.24) is 9.21 Å². The van der Waals surface area contributed by atoms with Crippen LogP contribution in [0.25, 0.3) is 0 Å². The summed E-state index contributed by atoms with van der Waals surface area (Å²) >= 11 is 0. The average Bonchev–Trinajstić information content (AvgIpc) is 2.51. The van der Waals surface area contributed by atoms with Crippen molar-refractivity contribution in [3.63, 3.8) is 0 Å². The van der Waals surface area contributed by atoms with Crippen LogP contribution in [0.15, 0.2) is 24.3 Å². The summed E-state index contributed by atoms with van der Waals surface area (Å²) in [7, 11) is -0.0943. The first-order valence-corrected chi connectivity index (χ1v) is 9.46. The number of amides is 1. The lowest BCUT2D eigenvalue weighted by atomic mass is 10.2. The van der Waals surface area contributed by atoms with E-state index in [1.807, 2.05) is 24.3 Å². The van der Waals surface area contributed by atoms with Gasteiger partial charge in [0.05, 0.1) is 12.8 Å². The topological polar surface area (TPSA) is 66.9 Å². The van der Waals surface area contributed by atoms with E-state index >= 15 is 0 Å². The molecule has 0 aromatic heterocycles. The van der Waals surface area contributed by atoms with Gasteiger partial charge in [-0.15, -0.1) is 0 Å². The predicted octanol–water partition coefficient (Wildman–Crippen LogP) is 1.37. The van der Waals surface area contributed by atoms with Gasteiger partial charge in [-0.3, -0.25) is 4.79 Å². The molecule has 6 nitrogen and oxygen atoms in total. The number of nitrogens with zero attached hydrogens (tertiary/aromatic N) is 2. The molecule has 1 aromatic carbocycles. The molecule has 0 aliphatic rings. The van der Waals surface area contributed by atoms with E-state index in [-0.39, 0.29) is 18.9 Å². The van der Waals surface area contributed by atoms with E-state index in [9.17, 15) is 13.2 Å². The first-order chi connectivity index (χ1) is 10.7. The van der Waals surface area contributed by atoms with Crippen LogP contribution < -0.4 is 4.74 Å². The van der Waals surface area contributed by atoms with E-state index in [4.69, 9.17) is 4.74 Å². The van der Waals surface area contributed by atoms with Crippen molar-refractivity contribution < 1.29 is 17.9 Å². The van der Waals surface area contributed by atoms with Crippen LogP contribution in [0.3, 0.4) is 0 Å². The number of hydrogen-bond acceptors (Lipinski definition) is 4. The molecule has 0 saturated heterocycles. The molecule has 1 amide bonds. The Morgan fingerprint density at radius 1 is 1.13 bits per heavy atom. The highest BCUT2D eigenvalue weighted by Gasteiger charge is 2.14. The van der Waals surface area contributed by atoms with Crippen LogP contribution in [0, 0.1) is 0 Å². The summed E-state index contributed by atoms with van der Waals surface area (Å²) in [5.74, 6) is 0.672. The van der Waals surface area contributed by atoms with E-state index in [1.165, 1.54) is 16.9 Å². The zero-order valence-electron chi connectivity index (χ0n) is 14.3. The second-order valence-electron chi connectivity index (χ2n) is 5.50. The van der Waals surface area contributed by atoms with E-state index in [1.54, 1.807) is 11.9 Å². The van der Waals surface area contributed by atoms with Crippen LogP contribution >= 0.6 is 0 Å². The van der Waals surface area contributed by atoms with Crippen molar-refractivity contribution in [1.29, 1.82) is 0 Å². The maximum atomic E-state index is 11.9. The first kappa shape index (κ1) is 19.4. The van der Waals surface area contributed by atoms with Crippen molar-refractivity contribution in [3.05, 3.63) is 29.8 Å². The minimum atomic E-state index is -3.25. The number of benzene rings is 1. The number of likely N-dealkylation sites (N-methyl/N-ethyl adjacent to an activating group) is 1. The third-order valence-electron chi connectivity index (χ3n) is 3.66. The Bertz CT molecular complexity index is 599. The highest BCUT2D eigenvalue weighted by Crippen LogP contribution is 2.12.